The van der Waals surface area contributed by atoms with Crippen molar-refractivity contribution >= 4 is 17.4 Å². The monoisotopic (exact) mass is 226 g/mol. The lowest BCUT2D eigenvalue weighted by molar-refractivity contribution is -0.274. The van der Waals surface area contributed by atoms with Gasteiger partial charge in [-0.15, -0.1) is 13.2 Å². The van der Waals surface area contributed by atoms with E-state index in [0.717, 1.165) is 0 Å². The number of anilines is 1. The van der Waals surface area contributed by atoms with Crippen LogP contribution >= 0.6 is 11.6 Å². The number of aryl methyl sites for hydroxylation is 1. The van der Waals surface area contributed by atoms with Crippen LogP contribution in [0.4, 0.5) is 19.0 Å². The van der Waals surface area contributed by atoms with Gasteiger partial charge in [0.05, 0.1) is 5.02 Å². The zero-order valence-corrected chi connectivity index (χ0v) is 7.78. The number of nitrogen functional groups attached to an aromatic ring is 1. The van der Waals surface area contributed by atoms with Crippen LogP contribution in [0.5, 0.6) is 5.75 Å². The van der Waals surface area contributed by atoms with E-state index in [1.54, 1.807) is 6.92 Å². The highest BCUT2D eigenvalue weighted by Gasteiger charge is 2.33. The maximum absolute atomic E-state index is 11.8. The minimum absolute atomic E-state index is 0.215. The van der Waals surface area contributed by atoms with E-state index >= 15 is 0 Å². The van der Waals surface area contributed by atoms with Crippen molar-refractivity contribution in [1.82, 2.24) is 4.98 Å². The molecule has 14 heavy (non-hydrogen) atoms. The summed E-state index contributed by atoms with van der Waals surface area (Å²) in [6.45, 7) is 1.56. The average molecular weight is 227 g/mol. The first-order valence-electron chi connectivity index (χ1n) is 3.48. The number of aromatic nitrogens is 1. The Morgan fingerprint density at radius 2 is 2.07 bits per heavy atom. The highest BCUT2D eigenvalue weighted by molar-refractivity contribution is 6.32. The van der Waals surface area contributed by atoms with Gasteiger partial charge in [0, 0.05) is 5.69 Å². The van der Waals surface area contributed by atoms with Crippen LogP contribution in [-0.4, -0.2) is 11.3 Å². The summed E-state index contributed by atoms with van der Waals surface area (Å²) in [6.07, 6.45) is -4.82. The van der Waals surface area contributed by atoms with E-state index in [4.69, 9.17) is 17.3 Å². The maximum Gasteiger partial charge on any atom is 0.573 e. The molecule has 1 rings (SSSR count). The summed E-state index contributed by atoms with van der Waals surface area (Å²) in [5.74, 6) is -1.04. The van der Waals surface area contributed by atoms with E-state index in [-0.39, 0.29) is 10.8 Å². The molecule has 0 amide bonds. The van der Waals surface area contributed by atoms with Gasteiger partial charge in [-0.25, -0.2) is 4.98 Å². The fourth-order valence-corrected chi connectivity index (χ4v) is 1.15. The van der Waals surface area contributed by atoms with E-state index in [9.17, 15) is 13.2 Å². The van der Waals surface area contributed by atoms with Crippen LogP contribution in [0.3, 0.4) is 0 Å². The molecule has 78 valence electrons. The first-order valence-corrected chi connectivity index (χ1v) is 3.86. The minimum atomic E-state index is -4.82. The molecule has 0 radical (unpaired) electrons. The highest BCUT2D eigenvalue weighted by atomic mass is 35.5. The van der Waals surface area contributed by atoms with Crippen LogP contribution in [-0.2, 0) is 0 Å². The van der Waals surface area contributed by atoms with Crippen LogP contribution < -0.4 is 10.5 Å². The lowest BCUT2D eigenvalue weighted by atomic mass is 10.3. The zero-order valence-electron chi connectivity index (χ0n) is 7.02. The molecule has 0 aliphatic rings. The van der Waals surface area contributed by atoms with Crippen molar-refractivity contribution in [3.05, 3.63) is 16.8 Å². The van der Waals surface area contributed by atoms with Gasteiger partial charge in [-0.1, -0.05) is 11.6 Å². The topological polar surface area (TPSA) is 48.1 Å². The van der Waals surface area contributed by atoms with E-state index in [1.807, 2.05) is 0 Å². The summed E-state index contributed by atoms with van der Waals surface area (Å²) in [7, 11) is 0. The quantitative estimate of drug-likeness (QED) is 0.801. The summed E-state index contributed by atoms with van der Waals surface area (Å²) >= 11 is 5.50. The molecule has 0 unspecified atom stereocenters. The van der Waals surface area contributed by atoms with E-state index in [0.29, 0.717) is 5.69 Å². The maximum atomic E-state index is 11.8. The van der Waals surface area contributed by atoms with Crippen LogP contribution in [0, 0.1) is 6.92 Å². The number of nitrogens with zero attached hydrogens (tertiary/aromatic N) is 1. The SMILES string of the molecule is Cc1cc(Cl)c(OC(F)(F)F)c(N)n1. The van der Waals surface area contributed by atoms with E-state index in [1.165, 1.54) is 6.07 Å². The van der Waals surface area contributed by atoms with Gasteiger partial charge in [-0.05, 0) is 13.0 Å². The zero-order chi connectivity index (χ0) is 10.9. The van der Waals surface area contributed by atoms with Gasteiger partial charge in [-0.3, -0.25) is 0 Å². The molecule has 0 saturated carbocycles. The number of alkyl halides is 3. The number of hydrogen-bond donors (Lipinski definition) is 1. The Balaban J connectivity index is 3.09. The van der Waals surface area contributed by atoms with Crippen molar-refractivity contribution in [1.29, 1.82) is 0 Å². The first kappa shape index (κ1) is 10.9. The summed E-state index contributed by atoms with van der Waals surface area (Å²) in [5, 5.41) is -0.215. The molecule has 0 aliphatic carbocycles. The second-order valence-electron chi connectivity index (χ2n) is 2.51. The average Bonchev–Trinajstić information content (AvgIpc) is 1.95. The van der Waals surface area contributed by atoms with Gasteiger partial charge in [0.15, 0.2) is 11.6 Å². The van der Waals surface area contributed by atoms with Crippen molar-refractivity contribution in [2.24, 2.45) is 0 Å². The molecule has 1 heterocycles. The standard InChI is InChI=1S/C7H6ClF3N2O/c1-3-2-4(8)5(6(12)13-3)14-7(9,10)11/h2H,1H3,(H2,12,13). The van der Waals surface area contributed by atoms with Gasteiger partial charge in [0.25, 0.3) is 0 Å². The molecule has 0 fully saturated rings. The largest absolute Gasteiger partial charge is 0.573 e. The molecule has 7 heteroatoms. The van der Waals surface area contributed by atoms with Crippen molar-refractivity contribution in [2.45, 2.75) is 13.3 Å². The van der Waals surface area contributed by atoms with Crippen LogP contribution in [0.2, 0.25) is 5.02 Å². The lowest BCUT2D eigenvalue weighted by Gasteiger charge is -2.12. The summed E-state index contributed by atoms with van der Waals surface area (Å²) in [6, 6.07) is 1.24. The molecule has 0 atom stereocenters. The molecule has 3 nitrogen and oxygen atoms in total. The highest BCUT2D eigenvalue weighted by Crippen LogP contribution is 2.34. The minimum Gasteiger partial charge on any atom is -0.400 e. The lowest BCUT2D eigenvalue weighted by Crippen LogP contribution is -2.18. The third-order valence-electron chi connectivity index (χ3n) is 1.30. The van der Waals surface area contributed by atoms with Crippen LogP contribution in [0.1, 0.15) is 5.69 Å². The van der Waals surface area contributed by atoms with E-state index in [2.05, 4.69) is 9.72 Å². The summed E-state index contributed by atoms with van der Waals surface area (Å²) in [4.78, 5) is 3.59. The van der Waals surface area contributed by atoms with Crippen LogP contribution in [0.25, 0.3) is 0 Å². The fourth-order valence-electron chi connectivity index (χ4n) is 0.861. The van der Waals surface area contributed by atoms with Crippen molar-refractivity contribution < 1.29 is 17.9 Å². The number of hydrogen-bond acceptors (Lipinski definition) is 3. The van der Waals surface area contributed by atoms with Gasteiger partial charge >= 0.3 is 6.36 Å². The molecule has 1 aromatic rings. The second kappa shape index (κ2) is 3.53. The molecule has 0 aliphatic heterocycles. The van der Waals surface area contributed by atoms with E-state index < -0.39 is 12.1 Å². The Hall–Kier alpha value is -1.17. The van der Waals surface area contributed by atoms with Crippen molar-refractivity contribution in [3.63, 3.8) is 0 Å². The van der Waals surface area contributed by atoms with Gasteiger partial charge in [0.1, 0.15) is 0 Å². The Bertz CT molecular complexity index is 330. The number of ether oxygens (including phenoxy) is 1. The molecule has 1 aromatic heterocycles. The molecular weight excluding hydrogens is 221 g/mol. The summed E-state index contributed by atoms with van der Waals surface area (Å²) < 4.78 is 39.1. The molecular formula is C7H6ClF3N2O. The molecule has 0 saturated heterocycles. The van der Waals surface area contributed by atoms with Crippen molar-refractivity contribution in [2.75, 3.05) is 5.73 Å². The third kappa shape index (κ3) is 2.66. The number of halogens is 4. The van der Waals surface area contributed by atoms with Gasteiger partial charge in [0.2, 0.25) is 0 Å². The predicted molar refractivity (Wildman–Crippen MR) is 45.1 cm³/mol. The molecule has 2 N–H and O–H groups in total. The Morgan fingerprint density at radius 1 is 1.50 bits per heavy atom. The second-order valence-corrected chi connectivity index (χ2v) is 2.91. The smallest absolute Gasteiger partial charge is 0.400 e. The van der Waals surface area contributed by atoms with Gasteiger partial charge < -0.3 is 10.5 Å². The molecule has 0 bridgehead atoms. The van der Waals surface area contributed by atoms with Crippen molar-refractivity contribution in [3.8, 4) is 5.75 Å². The molecule has 0 spiro atoms. The normalized spacial score (nSPS) is 11.5. The number of nitrogens with two attached hydrogens (primary N) is 1. The third-order valence-corrected chi connectivity index (χ3v) is 1.58. The number of rotatable bonds is 1. The molecule has 0 aromatic carbocycles. The predicted octanol–water partition coefficient (Wildman–Crippen LogP) is 2.52. The van der Waals surface area contributed by atoms with Crippen LogP contribution in [0.15, 0.2) is 6.07 Å². The van der Waals surface area contributed by atoms with Gasteiger partial charge in [-0.2, -0.15) is 0 Å². The Labute approximate surface area is 82.6 Å². The number of pyridine rings is 1. The summed E-state index contributed by atoms with van der Waals surface area (Å²) in [5.41, 5.74) is 5.63. The Kier molecular flexibility index (Phi) is 2.75. The Morgan fingerprint density at radius 3 is 2.50 bits per heavy atom. The fraction of sp³-hybridized carbons (Fsp3) is 0.286. The first-order chi connectivity index (χ1) is 6.29.